The monoisotopic (exact) mass is 337 g/mol. The van der Waals surface area contributed by atoms with E-state index in [9.17, 15) is 16.8 Å². The highest BCUT2D eigenvalue weighted by molar-refractivity contribution is 7.92. The number of rotatable bonds is 4. The number of pyridine rings is 1. The molecule has 7 nitrogen and oxygen atoms in total. The second-order valence-corrected chi connectivity index (χ2v) is 8.05. The zero-order chi connectivity index (χ0) is 16.4. The van der Waals surface area contributed by atoms with E-state index in [2.05, 4.69) is 9.71 Å². The number of sulfonamides is 1. The van der Waals surface area contributed by atoms with Gasteiger partial charge in [-0.2, -0.15) is 5.26 Å². The predicted molar refractivity (Wildman–Crippen MR) is 79.3 cm³/mol. The lowest BCUT2D eigenvalue weighted by Crippen LogP contribution is -2.13. The molecule has 0 radical (unpaired) electrons. The van der Waals surface area contributed by atoms with Gasteiger partial charge in [-0.25, -0.2) is 21.8 Å². The molecule has 0 aliphatic heterocycles. The fourth-order valence-electron chi connectivity index (χ4n) is 1.61. The van der Waals surface area contributed by atoms with E-state index >= 15 is 0 Å². The standard InChI is InChI=1S/C13H11N3O4S2/c1-21(17,18)13-6-5-11(9-15-13)16-22(19,20)12-4-2-3-10(7-12)8-14/h2-7,9,16H,1H3. The van der Waals surface area contributed by atoms with Gasteiger partial charge in [0.1, 0.15) is 0 Å². The number of nitriles is 1. The number of hydrogen-bond donors (Lipinski definition) is 1. The van der Waals surface area contributed by atoms with Gasteiger partial charge < -0.3 is 0 Å². The van der Waals surface area contributed by atoms with Crippen molar-refractivity contribution in [1.82, 2.24) is 4.98 Å². The van der Waals surface area contributed by atoms with Gasteiger partial charge in [0, 0.05) is 6.26 Å². The van der Waals surface area contributed by atoms with Gasteiger partial charge in [0.15, 0.2) is 14.9 Å². The lowest BCUT2D eigenvalue weighted by atomic mass is 10.2. The third kappa shape index (κ3) is 3.60. The van der Waals surface area contributed by atoms with E-state index in [1.54, 1.807) is 0 Å². The molecule has 0 aliphatic carbocycles. The smallest absolute Gasteiger partial charge is 0.261 e. The van der Waals surface area contributed by atoms with E-state index in [-0.39, 0.29) is 21.2 Å². The summed E-state index contributed by atoms with van der Waals surface area (Å²) in [5.74, 6) is 0. The maximum atomic E-state index is 12.2. The molecular formula is C13H11N3O4S2. The average Bonchev–Trinajstić information content (AvgIpc) is 2.46. The first kappa shape index (κ1) is 15.9. The van der Waals surface area contributed by atoms with E-state index < -0.39 is 19.9 Å². The first-order valence-corrected chi connectivity index (χ1v) is 9.29. The molecule has 0 amide bonds. The fourth-order valence-corrected chi connectivity index (χ4v) is 3.26. The number of aromatic nitrogens is 1. The minimum atomic E-state index is -3.88. The zero-order valence-electron chi connectivity index (χ0n) is 11.4. The van der Waals surface area contributed by atoms with Crippen LogP contribution in [0.5, 0.6) is 0 Å². The molecule has 0 saturated heterocycles. The van der Waals surface area contributed by atoms with Crippen molar-refractivity contribution in [1.29, 1.82) is 5.26 Å². The summed E-state index contributed by atoms with van der Waals surface area (Å²) in [4.78, 5) is 3.62. The van der Waals surface area contributed by atoms with E-state index in [0.717, 1.165) is 12.5 Å². The quantitative estimate of drug-likeness (QED) is 0.894. The van der Waals surface area contributed by atoms with E-state index in [1.807, 2.05) is 6.07 Å². The number of sulfone groups is 1. The Balaban J connectivity index is 2.31. The van der Waals surface area contributed by atoms with Crippen molar-refractivity contribution in [2.24, 2.45) is 0 Å². The molecule has 22 heavy (non-hydrogen) atoms. The van der Waals surface area contributed by atoms with Crippen molar-refractivity contribution in [3.05, 3.63) is 48.2 Å². The van der Waals surface area contributed by atoms with E-state index in [1.165, 1.54) is 36.4 Å². The maximum Gasteiger partial charge on any atom is 0.261 e. The molecule has 1 heterocycles. The average molecular weight is 337 g/mol. The SMILES string of the molecule is CS(=O)(=O)c1ccc(NS(=O)(=O)c2cccc(C#N)c2)cn1. The Kier molecular flexibility index (Phi) is 4.16. The van der Waals surface area contributed by atoms with E-state index in [4.69, 9.17) is 5.26 Å². The van der Waals surface area contributed by atoms with Crippen molar-refractivity contribution >= 4 is 25.5 Å². The number of hydrogen-bond acceptors (Lipinski definition) is 6. The molecule has 0 atom stereocenters. The Labute approximate surface area is 128 Å². The number of anilines is 1. The molecule has 0 fully saturated rings. The summed E-state index contributed by atoms with van der Waals surface area (Å²) in [6, 6.07) is 9.89. The van der Waals surface area contributed by atoms with Gasteiger partial charge in [0.2, 0.25) is 0 Å². The van der Waals surface area contributed by atoms with Crippen LogP contribution in [0.1, 0.15) is 5.56 Å². The molecule has 1 aromatic heterocycles. The molecule has 9 heteroatoms. The summed E-state index contributed by atoms with van der Waals surface area (Å²) in [5.41, 5.74) is 0.336. The molecule has 0 spiro atoms. The van der Waals surface area contributed by atoms with Crippen LogP contribution in [0, 0.1) is 11.3 Å². The summed E-state index contributed by atoms with van der Waals surface area (Å²) in [6.45, 7) is 0. The lowest BCUT2D eigenvalue weighted by molar-refractivity contribution is 0.598. The maximum absolute atomic E-state index is 12.2. The zero-order valence-corrected chi connectivity index (χ0v) is 13.0. The van der Waals surface area contributed by atoms with Gasteiger partial charge in [-0.3, -0.25) is 4.72 Å². The van der Waals surface area contributed by atoms with E-state index in [0.29, 0.717) is 0 Å². The molecule has 0 unspecified atom stereocenters. The Morgan fingerprint density at radius 1 is 1.14 bits per heavy atom. The molecule has 0 saturated carbocycles. The van der Waals surface area contributed by atoms with Crippen molar-refractivity contribution in [2.75, 3.05) is 11.0 Å². The highest BCUT2D eigenvalue weighted by atomic mass is 32.2. The highest BCUT2D eigenvalue weighted by Gasteiger charge is 2.15. The third-order valence-electron chi connectivity index (χ3n) is 2.64. The van der Waals surface area contributed by atoms with Gasteiger partial charge in [0.25, 0.3) is 10.0 Å². The topological polar surface area (TPSA) is 117 Å². The lowest BCUT2D eigenvalue weighted by Gasteiger charge is -2.08. The summed E-state index contributed by atoms with van der Waals surface area (Å²) in [5, 5.41) is 8.64. The van der Waals surface area contributed by atoms with Crippen molar-refractivity contribution in [2.45, 2.75) is 9.92 Å². The van der Waals surface area contributed by atoms with Crippen LogP contribution in [0.2, 0.25) is 0 Å². The van der Waals surface area contributed by atoms with Crippen molar-refractivity contribution < 1.29 is 16.8 Å². The Bertz CT molecular complexity index is 944. The van der Waals surface area contributed by atoms with Crippen molar-refractivity contribution in [3.8, 4) is 6.07 Å². The fraction of sp³-hybridized carbons (Fsp3) is 0.0769. The molecule has 1 aromatic carbocycles. The first-order chi connectivity index (χ1) is 10.2. The molecule has 0 aliphatic rings. The van der Waals surface area contributed by atoms with Gasteiger partial charge in [-0.05, 0) is 30.3 Å². The Morgan fingerprint density at radius 3 is 2.41 bits per heavy atom. The molecule has 1 N–H and O–H groups in total. The first-order valence-electron chi connectivity index (χ1n) is 5.91. The minimum absolute atomic E-state index is 0.0706. The summed E-state index contributed by atoms with van der Waals surface area (Å²) >= 11 is 0. The second kappa shape index (κ2) is 5.75. The van der Waals surface area contributed by atoms with Gasteiger partial charge in [-0.1, -0.05) is 6.07 Å². The van der Waals surface area contributed by atoms with Crippen LogP contribution in [-0.4, -0.2) is 28.1 Å². The van der Waals surface area contributed by atoms with Gasteiger partial charge in [0.05, 0.1) is 28.4 Å². The third-order valence-corrected chi connectivity index (χ3v) is 5.02. The van der Waals surface area contributed by atoms with Crippen LogP contribution in [0.3, 0.4) is 0 Å². The molecule has 2 aromatic rings. The van der Waals surface area contributed by atoms with Gasteiger partial charge in [-0.15, -0.1) is 0 Å². The number of nitrogens with one attached hydrogen (secondary N) is 1. The van der Waals surface area contributed by atoms with Crippen LogP contribution in [0.4, 0.5) is 5.69 Å². The molecule has 114 valence electrons. The largest absolute Gasteiger partial charge is 0.278 e. The molecule has 2 rings (SSSR count). The minimum Gasteiger partial charge on any atom is -0.278 e. The van der Waals surface area contributed by atoms with Crippen LogP contribution in [-0.2, 0) is 19.9 Å². The summed E-state index contributed by atoms with van der Waals surface area (Å²) in [6.07, 6.45) is 2.12. The number of benzene rings is 1. The summed E-state index contributed by atoms with van der Waals surface area (Å²) < 4.78 is 49.2. The normalized spacial score (nSPS) is 11.6. The Hall–Kier alpha value is -2.44. The Morgan fingerprint density at radius 2 is 1.86 bits per heavy atom. The molecular weight excluding hydrogens is 326 g/mol. The highest BCUT2D eigenvalue weighted by Crippen LogP contribution is 2.17. The second-order valence-electron chi connectivity index (χ2n) is 4.40. The predicted octanol–water partition coefficient (Wildman–Crippen LogP) is 1.16. The van der Waals surface area contributed by atoms with Crippen LogP contribution in [0.15, 0.2) is 52.5 Å². The van der Waals surface area contributed by atoms with Crippen molar-refractivity contribution in [3.63, 3.8) is 0 Å². The van der Waals surface area contributed by atoms with Gasteiger partial charge >= 0.3 is 0 Å². The summed E-state index contributed by atoms with van der Waals surface area (Å²) in [7, 11) is -7.33. The van der Waals surface area contributed by atoms with Crippen LogP contribution < -0.4 is 4.72 Å². The molecule has 0 bridgehead atoms. The number of nitrogens with zero attached hydrogens (tertiary/aromatic N) is 2. The van der Waals surface area contributed by atoms with Crippen LogP contribution in [0.25, 0.3) is 0 Å². The van der Waals surface area contributed by atoms with Crippen LogP contribution >= 0.6 is 0 Å².